The quantitative estimate of drug-likeness (QED) is 0.867. The van der Waals surface area contributed by atoms with E-state index in [4.69, 9.17) is 0 Å². The topological polar surface area (TPSA) is 29.9 Å². The van der Waals surface area contributed by atoms with E-state index in [1.807, 2.05) is 12.5 Å². The van der Waals surface area contributed by atoms with Crippen LogP contribution in [0.2, 0.25) is 0 Å². The van der Waals surface area contributed by atoms with Gasteiger partial charge in [-0.25, -0.2) is 4.98 Å². The summed E-state index contributed by atoms with van der Waals surface area (Å²) in [5, 5.41) is 3.53. The van der Waals surface area contributed by atoms with E-state index in [1.165, 1.54) is 37.8 Å². The summed E-state index contributed by atoms with van der Waals surface area (Å²) in [4.78, 5) is 4.29. The predicted octanol–water partition coefficient (Wildman–Crippen LogP) is 3.35. The van der Waals surface area contributed by atoms with Crippen LogP contribution in [0.4, 0.5) is 0 Å². The van der Waals surface area contributed by atoms with Crippen LogP contribution in [0.1, 0.15) is 58.6 Å². The molecule has 102 valence electrons. The number of rotatable bonds is 5. The van der Waals surface area contributed by atoms with E-state index in [-0.39, 0.29) is 5.54 Å². The molecule has 1 aromatic heterocycles. The molecule has 3 heteroatoms. The Hall–Kier alpha value is -0.830. The van der Waals surface area contributed by atoms with Gasteiger partial charge in [0.1, 0.15) is 0 Å². The second-order valence-electron chi connectivity index (χ2n) is 6.62. The number of aryl methyl sites for hydroxylation is 1. The first-order valence-corrected chi connectivity index (χ1v) is 7.28. The SMILES string of the molecule is CC(C)(C)NCc1cncn1CCC1CCCC1. The van der Waals surface area contributed by atoms with Crippen LogP contribution in [0.15, 0.2) is 12.5 Å². The zero-order valence-corrected chi connectivity index (χ0v) is 12.1. The van der Waals surface area contributed by atoms with Gasteiger partial charge in [-0.15, -0.1) is 0 Å². The Labute approximate surface area is 111 Å². The van der Waals surface area contributed by atoms with E-state index in [0.717, 1.165) is 19.0 Å². The summed E-state index contributed by atoms with van der Waals surface area (Å²) < 4.78 is 2.32. The van der Waals surface area contributed by atoms with Gasteiger partial charge in [-0.1, -0.05) is 25.7 Å². The van der Waals surface area contributed by atoms with Crippen molar-refractivity contribution in [1.29, 1.82) is 0 Å². The number of nitrogens with one attached hydrogen (secondary N) is 1. The van der Waals surface area contributed by atoms with Crippen molar-refractivity contribution in [3.05, 3.63) is 18.2 Å². The van der Waals surface area contributed by atoms with Gasteiger partial charge in [0.05, 0.1) is 12.0 Å². The maximum absolute atomic E-state index is 4.29. The number of aromatic nitrogens is 2. The predicted molar refractivity (Wildman–Crippen MR) is 75.4 cm³/mol. The lowest BCUT2D eigenvalue weighted by Gasteiger charge is -2.21. The summed E-state index contributed by atoms with van der Waals surface area (Å²) in [5.41, 5.74) is 1.48. The lowest BCUT2D eigenvalue weighted by atomic mass is 10.0. The molecule has 0 bridgehead atoms. The summed E-state index contributed by atoms with van der Waals surface area (Å²) in [6, 6.07) is 0. The van der Waals surface area contributed by atoms with Crippen LogP contribution in [-0.2, 0) is 13.1 Å². The highest BCUT2D eigenvalue weighted by Crippen LogP contribution is 2.28. The fourth-order valence-corrected chi connectivity index (χ4v) is 2.67. The average molecular weight is 249 g/mol. The van der Waals surface area contributed by atoms with Crippen molar-refractivity contribution < 1.29 is 0 Å². The van der Waals surface area contributed by atoms with Crippen molar-refractivity contribution in [3.8, 4) is 0 Å². The molecule has 0 amide bonds. The van der Waals surface area contributed by atoms with Crippen molar-refractivity contribution in [2.45, 2.75) is 71.5 Å². The van der Waals surface area contributed by atoms with Crippen LogP contribution < -0.4 is 5.32 Å². The molecule has 3 nitrogen and oxygen atoms in total. The van der Waals surface area contributed by atoms with Gasteiger partial charge in [-0.2, -0.15) is 0 Å². The maximum atomic E-state index is 4.29. The first-order chi connectivity index (χ1) is 8.54. The summed E-state index contributed by atoms with van der Waals surface area (Å²) in [6.07, 6.45) is 11.0. The van der Waals surface area contributed by atoms with Crippen LogP contribution in [-0.4, -0.2) is 15.1 Å². The Bertz CT molecular complexity index is 356. The van der Waals surface area contributed by atoms with Crippen molar-refractivity contribution >= 4 is 0 Å². The minimum Gasteiger partial charge on any atom is -0.333 e. The minimum absolute atomic E-state index is 0.167. The third-order valence-corrected chi connectivity index (χ3v) is 3.85. The molecule has 1 heterocycles. The molecule has 0 radical (unpaired) electrons. The molecule has 1 saturated carbocycles. The lowest BCUT2D eigenvalue weighted by molar-refractivity contribution is 0.406. The van der Waals surface area contributed by atoms with E-state index >= 15 is 0 Å². The molecule has 1 N–H and O–H groups in total. The van der Waals surface area contributed by atoms with Crippen molar-refractivity contribution in [3.63, 3.8) is 0 Å². The van der Waals surface area contributed by atoms with Gasteiger partial charge in [0.15, 0.2) is 0 Å². The zero-order valence-electron chi connectivity index (χ0n) is 12.1. The third kappa shape index (κ3) is 4.13. The second kappa shape index (κ2) is 5.87. The molecule has 0 aliphatic heterocycles. The zero-order chi connectivity index (χ0) is 13.0. The Kier molecular flexibility index (Phi) is 4.44. The average Bonchev–Trinajstić information content (AvgIpc) is 2.94. The van der Waals surface area contributed by atoms with E-state index in [0.29, 0.717) is 0 Å². The Morgan fingerprint density at radius 2 is 2.06 bits per heavy atom. The standard InChI is InChI=1S/C15H27N3/c1-15(2,3)17-11-14-10-16-12-18(14)9-8-13-6-4-5-7-13/h10,12-13,17H,4-9,11H2,1-3H3. The van der Waals surface area contributed by atoms with Crippen molar-refractivity contribution in [1.82, 2.24) is 14.9 Å². The Morgan fingerprint density at radius 3 is 2.72 bits per heavy atom. The van der Waals surface area contributed by atoms with Crippen LogP contribution in [0.3, 0.4) is 0 Å². The summed E-state index contributed by atoms with van der Waals surface area (Å²) in [5.74, 6) is 0.954. The summed E-state index contributed by atoms with van der Waals surface area (Å²) in [7, 11) is 0. The highest BCUT2D eigenvalue weighted by Gasteiger charge is 2.15. The monoisotopic (exact) mass is 249 g/mol. The van der Waals surface area contributed by atoms with Crippen molar-refractivity contribution in [2.75, 3.05) is 0 Å². The highest BCUT2D eigenvalue weighted by molar-refractivity contribution is 4.99. The summed E-state index contributed by atoms with van der Waals surface area (Å²) in [6.45, 7) is 8.64. The van der Waals surface area contributed by atoms with Crippen LogP contribution in [0, 0.1) is 5.92 Å². The minimum atomic E-state index is 0.167. The van der Waals surface area contributed by atoms with Gasteiger partial charge in [0.25, 0.3) is 0 Å². The summed E-state index contributed by atoms with van der Waals surface area (Å²) >= 11 is 0. The lowest BCUT2D eigenvalue weighted by Crippen LogP contribution is -2.35. The molecule has 2 rings (SSSR count). The fourth-order valence-electron chi connectivity index (χ4n) is 2.67. The molecule has 0 unspecified atom stereocenters. The molecule has 1 fully saturated rings. The molecule has 1 aliphatic rings. The number of hydrogen-bond acceptors (Lipinski definition) is 2. The fraction of sp³-hybridized carbons (Fsp3) is 0.800. The number of hydrogen-bond donors (Lipinski definition) is 1. The van der Waals surface area contributed by atoms with Crippen LogP contribution in [0.25, 0.3) is 0 Å². The molecule has 18 heavy (non-hydrogen) atoms. The smallest absolute Gasteiger partial charge is 0.0948 e. The first-order valence-electron chi connectivity index (χ1n) is 7.28. The molecule has 0 spiro atoms. The van der Waals surface area contributed by atoms with Crippen LogP contribution in [0.5, 0.6) is 0 Å². The normalized spacial score (nSPS) is 17.5. The number of nitrogens with zero attached hydrogens (tertiary/aromatic N) is 2. The third-order valence-electron chi connectivity index (χ3n) is 3.85. The molecule has 1 aromatic rings. The Balaban J connectivity index is 1.83. The molecule has 0 atom stereocenters. The maximum Gasteiger partial charge on any atom is 0.0948 e. The second-order valence-corrected chi connectivity index (χ2v) is 6.62. The molecule has 0 aromatic carbocycles. The Morgan fingerprint density at radius 1 is 1.33 bits per heavy atom. The van der Waals surface area contributed by atoms with Crippen LogP contribution >= 0.6 is 0 Å². The van der Waals surface area contributed by atoms with Gasteiger partial charge in [0, 0.05) is 24.8 Å². The van der Waals surface area contributed by atoms with Gasteiger partial charge in [0.2, 0.25) is 0 Å². The molecule has 0 saturated heterocycles. The van der Waals surface area contributed by atoms with Gasteiger partial charge in [-0.3, -0.25) is 0 Å². The van der Waals surface area contributed by atoms with Gasteiger partial charge >= 0.3 is 0 Å². The largest absolute Gasteiger partial charge is 0.333 e. The number of imidazole rings is 1. The molecular formula is C15H27N3. The van der Waals surface area contributed by atoms with E-state index < -0.39 is 0 Å². The highest BCUT2D eigenvalue weighted by atomic mass is 15.1. The van der Waals surface area contributed by atoms with E-state index in [2.05, 4.69) is 35.6 Å². The van der Waals surface area contributed by atoms with Gasteiger partial charge in [-0.05, 0) is 33.1 Å². The van der Waals surface area contributed by atoms with Crippen molar-refractivity contribution in [2.24, 2.45) is 5.92 Å². The first kappa shape index (κ1) is 13.6. The molecular weight excluding hydrogens is 222 g/mol. The van der Waals surface area contributed by atoms with E-state index in [1.54, 1.807) is 0 Å². The molecule has 1 aliphatic carbocycles. The van der Waals surface area contributed by atoms with E-state index in [9.17, 15) is 0 Å². The van der Waals surface area contributed by atoms with Gasteiger partial charge < -0.3 is 9.88 Å².